The number of ketones is 1. The molecule has 2 aromatic carbocycles. The molecule has 162 valence electrons. The molecule has 4 aromatic rings. The van der Waals surface area contributed by atoms with Crippen LogP contribution in [-0.2, 0) is 11.8 Å². The fraction of sp³-hybridized carbons (Fsp3) is 0.308. The molecule has 6 heteroatoms. The van der Waals surface area contributed by atoms with Gasteiger partial charge in [-0.3, -0.25) is 9.59 Å². The molecular formula is C26H24N2O4. The Balaban J connectivity index is 1.48. The smallest absolute Gasteiger partial charge is 0.254 e. The molecule has 1 saturated heterocycles. The number of benzene rings is 2. The number of rotatable bonds is 5. The third kappa shape index (κ3) is 2.83. The van der Waals surface area contributed by atoms with Crippen molar-refractivity contribution in [3.05, 3.63) is 60.0 Å². The van der Waals surface area contributed by atoms with Gasteiger partial charge in [0.1, 0.15) is 5.58 Å². The number of hydrogen-bond acceptors (Lipinski definition) is 4. The van der Waals surface area contributed by atoms with Gasteiger partial charge >= 0.3 is 0 Å². The Bertz CT molecular complexity index is 1390. The lowest BCUT2D eigenvalue weighted by Crippen LogP contribution is -2.18. The number of nitrogens with zero attached hydrogens (tertiary/aromatic N) is 1. The van der Waals surface area contributed by atoms with Gasteiger partial charge in [-0.15, -0.1) is 0 Å². The molecule has 6 nitrogen and oxygen atoms in total. The van der Waals surface area contributed by atoms with Crippen LogP contribution >= 0.6 is 0 Å². The zero-order chi connectivity index (χ0) is 22.0. The summed E-state index contributed by atoms with van der Waals surface area (Å²) in [6.45, 7) is 1.52. The SMILES string of the molecule is CNC(=O)c1cc(C(=O)CC2[C@H]3COC[C@@H]23)cc2c(-c3cccc4c3ccn4C)coc12. The summed E-state index contributed by atoms with van der Waals surface area (Å²) in [5.74, 6) is 1.24. The zero-order valence-electron chi connectivity index (χ0n) is 18.1. The monoisotopic (exact) mass is 428 g/mol. The fourth-order valence-corrected chi connectivity index (χ4v) is 5.34. The van der Waals surface area contributed by atoms with Gasteiger partial charge in [0, 0.05) is 54.1 Å². The van der Waals surface area contributed by atoms with E-state index in [2.05, 4.69) is 22.0 Å². The Hall–Kier alpha value is -3.38. The number of furan rings is 1. The van der Waals surface area contributed by atoms with Gasteiger partial charge in [-0.05, 0) is 47.6 Å². The number of hydrogen-bond donors (Lipinski definition) is 1. The van der Waals surface area contributed by atoms with E-state index in [9.17, 15) is 9.59 Å². The average Bonchev–Trinajstić information content (AvgIpc) is 3.27. The average molecular weight is 428 g/mol. The number of nitrogens with one attached hydrogen (secondary N) is 1. The maximum Gasteiger partial charge on any atom is 0.254 e. The molecule has 0 radical (unpaired) electrons. The Morgan fingerprint density at radius 2 is 1.91 bits per heavy atom. The van der Waals surface area contributed by atoms with Gasteiger partial charge in [-0.2, -0.15) is 0 Å². The summed E-state index contributed by atoms with van der Waals surface area (Å²) in [4.78, 5) is 25.9. The van der Waals surface area contributed by atoms with Crippen molar-refractivity contribution in [2.45, 2.75) is 6.42 Å². The summed E-state index contributed by atoms with van der Waals surface area (Å²) in [5, 5.41) is 4.56. The quantitative estimate of drug-likeness (QED) is 0.478. The number of amides is 1. The minimum atomic E-state index is -0.264. The molecule has 1 N–H and O–H groups in total. The maximum atomic E-state index is 13.2. The summed E-state index contributed by atoms with van der Waals surface area (Å²) in [5.41, 5.74) is 4.46. The van der Waals surface area contributed by atoms with Crippen LogP contribution in [0.3, 0.4) is 0 Å². The second-order valence-corrected chi connectivity index (χ2v) is 8.95. The van der Waals surface area contributed by atoms with E-state index in [1.807, 2.05) is 31.4 Å². The third-order valence-corrected chi connectivity index (χ3v) is 7.24. The van der Waals surface area contributed by atoms with E-state index in [1.165, 1.54) is 0 Å². The van der Waals surface area contributed by atoms with Crippen LogP contribution in [0.15, 0.2) is 53.3 Å². The van der Waals surface area contributed by atoms with Crippen LogP contribution in [-0.4, -0.2) is 36.5 Å². The molecule has 2 aliphatic rings. The molecule has 1 aliphatic heterocycles. The fourth-order valence-electron chi connectivity index (χ4n) is 5.34. The van der Waals surface area contributed by atoms with Crippen molar-refractivity contribution in [3.63, 3.8) is 0 Å². The maximum absolute atomic E-state index is 13.2. The largest absolute Gasteiger partial charge is 0.463 e. The Labute approximate surface area is 185 Å². The lowest BCUT2D eigenvalue weighted by molar-refractivity contribution is 0.0951. The van der Waals surface area contributed by atoms with Gasteiger partial charge < -0.3 is 19.0 Å². The van der Waals surface area contributed by atoms with Crippen molar-refractivity contribution in [1.29, 1.82) is 0 Å². The van der Waals surface area contributed by atoms with Crippen LogP contribution in [0.2, 0.25) is 0 Å². The summed E-state index contributed by atoms with van der Waals surface area (Å²) >= 11 is 0. The first-order valence-electron chi connectivity index (χ1n) is 11.0. The highest BCUT2D eigenvalue weighted by Crippen LogP contribution is 2.53. The number of carbonyl (C=O) groups excluding carboxylic acids is 2. The highest BCUT2D eigenvalue weighted by atomic mass is 16.5. The Morgan fingerprint density at radius 3 is 2.69 bits per heavy atom. The Kier molecular flexibility index (Phi) is 4.27. The van der Waals surface area contributed by atoms with Crippen molar-refractivity contribution in [1.82, 2.24) is 9.88 Å². The van der Waals surface area contributed by atoms with Gasteiger partial charge in [0.05, 0.1) is 25.0 Å². The van der Waals surface area contributed by atoms with Crippen molar-refractivity contribution >= 4 is 33.6 Å². The lowest BCUT2D eigenvalue weighted by atomic mass is 9.95. The van der Waals surface area contributed by atoms with Gasteiger partial charge in [0.2, 0.25) is 0 Å². The van der Waals surface area contributed by atoms with E-state index < -0.39 is 0 Å². The van der Waals surface area contributed by atoms with Gasteiger partial charge in [-0.1, -0.05) is 12.1 Å². The summed E-state index contributed by atoms with van der Waals surface area (Å²) in [6, 6.07) is 11.8. The highest BCUT2D eigenvalue weighted by Gasteiger charge is 2.54. The van der Waals surface area contributed by atoms with Crippen molar-refractivity contribution in [2.75, 3.05) is 20.3 Å². The van der Waals surface area contributed by atoms with Crippen molar-refractivity contribution in [3.8, 4) is 11.1 Å². The van der Waals surface area contributed by atoms with E-state index in [0.29, 0.717) is 40.9 Å². The topological polar surface area (TPSA) is 73.5 Å². The lowest BCUT2D eigenvalue weighted by Gasteiger charge is -2.08. The minimum absolute atomic E-state index is 0.0709. The predicted molar refractivity (Wildman–Crippen MR) is 122 cm³/mol. The first-order chi connectivity index (χ1) is 15.6. The molecule has 1 aliphatic carbocycles. The Morgan fingerprint density at radius 1 is 1.09 bits per heavy atom. The molecular weight excluding hydrogens is 404 g/mol. The first-order valence-corrected chi connectivity index (χ1v) is 11.0. The number of carbonyl (C=O) groups is 2. The van der Waals surface area contributed by atoms with Crippen molar-refractivity contribution < 1.29 is 18.7 Å². The molecule has 3 heterocycles. The van der Waals surface area contributed by atoms with Gasteiger partial charge in [-0.25, -0.2) is 0 Å². The van der Waals surface area contributed by atoms with E-state index in [-0.39, 0.29) is 11.7 Å². The van der Waals surface area contributed by atoms with Gasteiger partial charge in [0.15, 0.2) is 5.78 Å². The molecule has 3 atom stereocenters. The molecule has 1 saturated carbocycles. The number of Topliss-reactive ketones (excluding diaryl/α,β-unsaturated/α-hetero) is 1. The summed E-state index contributed by atoms with van der Waals surface area (Å²) in [6.07, 6.45) is 4.21. The normalized spacial score (nSPS) is 21.8. The molecule has 2 fully saturated rings. The van der Waals surface area contributed by atoms with E-state index in [1.54, 1.807) is 19.4 Å². The summed E-state index contributed by atoms with van der Waals surface area (Å²) in [7, 11) is 3.60. The van der Waals surface area contributed by atoms with Crippen LogP contribution in [0.1, 0.15) is 27.1 Å². The molecule has 32 heavy (non-hydrogen) atoms. The van der Waals surface area contributed by atoms with E-state index in [0.717, 1.165) is 40.6 Å². The molecule has 6 rings (SSSR count). The number of aryl methyl sites for hydroxylation is 1. The molecule has 0 spiro atoms. The van der Waals surface area contributed by atoms with E-state index in [4.69, 9.17) is 9.15 Å². The first kappa shape index (κ1) is 19.3. The standard InChI is InChI=1S/C26H24N2O4/c1-27-26(30)19-9-14(24(29)10-17-20-11-31-12-21(17)20)8-18-22(13-32-25(18)19)15-4-3-5-23-16(15)6-7-28(23)2/h3-9,13,17,20-21H,10-12H2,1-2H3,(H,27,30)/t17?,20-,21+. The summed E-state index contributed by atoms with van der Waals surface area (Å²) < 4.78 is 13.4. The van der Waals surface area contributed by atoms with Crippen LogP contribution in [0, 0.1) is 17.8 Å². The molecule has 1 unspecified atom stereocenters. The third-order valence-electron chi connectivity index (χ3n) is 7.24. The van der Waals surface area contributed by atoms with Crippen LogP contribution in [0.5, 0.6) is 0 Å². The van der Waals surface area contributed by atoms with Crippen LogP contribution < -0.4 is 5.32 Å². The van der Waals surface area contributed by atoms with Crippen molar-refractivity contribution in [2.24, 2.45) is 24.8 Å². The minimum Gasteiger partial charge on any atom is -0.463 e. The molecule has 0 bridgehead atoms. The second-order valence-electron chi connectivity index (χ2n) is 8.95. The van der Waals surface area contributed by atoms with Crippen LogP contribution in [0.4, 0.5) is 0 Å². The molecule has 2 aromatic heterocycles. The highest BCUT2D eigenvalue weighted by molar-refractivity contribution is 6.13. The number of fused-ring (bicyclic) bond motifs is 3. The van der Waals surface area contributed by atoms with Gasteiger partial charge in [0.25, 0.3) is 5.91 Å². The zero-order valence-corrected chi connectivity index (χ0v) is 18.1. The van der Waals surface area contributed by atoms with E-state index >= 15 is 0 Å². The number of ether oxygens (including phenoxy) is 1. The molecule has 1 amide bonds. The predicted octanol–water partition coefficient (Wildman–Crippen LogP) is 4.42. The number of aromatic nitrogens is 1. The van der Waals surface area contributed by atoms with Crippen LogP contribution in [0.25, 0.3) is 33.0 Å². The second kappa shape index (κ2) is 7.07.